The molecule has 7 atom stereocenters. The minimum absolute atomic E-state index is 0.00733. The number of Topliss-reactive ketones (excluding diaryl/α,β-unsaturated/α-hetero) is 2. The summed E-state index contributed by atoms with van der Waals surface area (Å²) in [5.74, 6) is -0.928. The molecule has 3 aliphatic rings. The molecule has 4 rings (SSSR count). The van der Waals surface area contributed by atoms with Crippen molar-refractivity contribution in [3.05, 3.63) is 148 Å². The molecule has 1 aromatic rings. The van der Waals surface area contributed by atoms with Crippen molar-refractivity contribution in [2.45, 2.75) is 159 Å². The number of aliphatic hydroxyl groups excluding tert-OH is 1. The van der Waals surface area contributed by atoms with E-state index in [0.29, 0.717) is 54.8 Å². The summed E-state index contributed by atoms with van der Waals surface area (Å²) in [6.07, 6.45) is 31.9. The maximum absolute atomic E-state index is 12.8. The summed E-state index contributed by atoms with van der Waals surface area (Å²) < 4.78 is 23.6. The van der Waals surface area contributed by atoms with Crippen molar-refractivity contribution >= 4 is 53.8 Å². The van der Waals surface area contributed by atoms with Crippen molar-refractivity contribution < 1.29 is 57.9 Å². The number of nitrogens with zero attached hydrogens (tertiary/aromatic N) is 3. The fourth-order valence-electron chi connectivity index (χ4n) is 8.78. The van der Waals surface area contributed by atoms with Crippen molar-refractivity contribution in [3.8, 4) is 0 Å². The van der Waals surface area contributed by atoms with Crippen LogP contribution in [0, 0.1) is 17.3 Å². The molecule has 2 heterocycles. The minimum atomic E-state index is -0.924. The second-order valence-electron chi connectivity index (χ2n) is 20.3. The van der Waals surface area contributed by atoms with Crippen LogP contribution < -0.4 is 5.32 Å². The average molecular weight is 1120 g/mol. The zero-order valence-corrected chi connectivity index (χ0v) is 50.9. The number of aromatic nitrogens is 2. The van der Waals surface area contributed by atoms with Gasteiger partial charge in [0.2, 0.25) is 0 Å². The Morgan fingerprint density at radius 1 is 0.852 bits per heavy atom. The molecule has 2 aliphatic carbocycles. The first-order chi connectivity index (χ1) is 38.4. The average Bonchev–Trinajstić information content (AvgIpc) is 4.00. The monoisotopic (exact) mass is 1120 g/mol. The summed E-state index contributed by atoms with van der Waals surface area (Å²) in [4.78, 5) is 75.7. The molecule has 0 saturated carbocycles. The van der Waals surface area contributed by atoms with Gasteiger partial charge in [0.1, 0.15) is 36.7 Å². The Balaban J connectivity index is 0.000000862. The standard InChI is InChI=1S/C44H56O6.C15H24N4O3.C4H6O3.C2H6/c1-30(18-13-20-32(3)23-25-37-34(5)28-39(42(47)35(37)6)50-41(46)22-15-27-45)16-11-12-17-31(2)19-14-21-33(4)24-26-38-36(7)43(48)40(49-10)29-44(38,8)9;1-6-17-14-12(10(3)16-4)18-8-19(14)15-9(2)13(20)11(22-15)7-21-5;5-3-1-2-4(6)7;1-2/h11-14,16-21,23-27,34,39-40H,15,22,28-29H2,1-10H3;6,8-9,11,13,15-16,20H,3,7H2,1-2,4-5H3;3H,1-2H2,(H,6,7);1-2H3/b12-11+,18-13+,19-14+,25-23+,26-24+,30-16+,31-17+,32-20+,33-21+;17-6-;;. The first kappa shape index (κ1) is 72.0. The highest BCUT2D eigenvalue weighted by atomic mass is 16.6. The number of aliphatic carboxylic acids is 1. The molecule has 0 aromatic carbocycles. The van der Waals surface area contributed by atoms with Gasteiger partial charge >= 0.3 is 11.9 Å². The molecule has 16 nitrogen and oxygen atoms in total. The number of imidazole rings is 1. The number of allylic oxidation sites excluding steroid dienone is 20. The molecule has 81 heavy (non-hydrogen) atoms. The van der Waals surface area contributed by atoms with Gasteiger partial charge in [-0.3, -0.25) is 23.7 Å². The Hall–Kier alpha value is -6.98. The number of carboxylic acid groups (broad SMARTS) is 1. The molecular weight excluding hydrogens is 1030 g/mol. The predicted molar refractivity (Wildman–Crippen MR) is 324 cm³/mol. The van der Waals surface area contributed by atoms with Gasteiger partial charge in [0, 0.05) is 46.2 Å². The van der Waals surface area contributed by atoms with Gasteiger partial charge in [-0.25, -0.2) is 9.98 Å². The Morgan fingerprint density at radius 3 is 1.89 bits per heavy atom. The van der Waals surface area contributed by atoms with Crippen LogP contribution in [0.2, 0.25) is 0 Å². The highest BCUT2D eigenvalue weighted by molar-refractivity contribution is 6.02. The lowest BCUT2D eigenvalue weighted by atomic mass is 9.71. The first-order valence-corrected chi connectivity index (χ1v) is 27.6. The lowest BCUT2D eigenvalue weighted by molar-refractivity contribution is -0.155. The number of rotatable bonds is 24. The number of ether oxygens (including phenoxy) is 4. The third kappa shape index (κ3) is 23.9. The highest BCUT2D eigenvalue weighted by Crippen LogP contribution is 2.41. The molecule has 1 fully saturated rings. The molecule has 444 valence electrons. The van der Waals surface area contributed by atoms with Crippen LogP contribution in [0.25, 0.3) is 5.70 Å². The lowest BCUT2D eigenvalue weighted by Gasteiger charge is -2.36. The van der Waals surface area contributed by atoms with Crippen LogP contribution in [0.5, 0.6) is 0 Å². The van der Waals surface area contributed by atoms with Gasteiger partial charge < -0.3 is 44.1 Å². The number of hydrogen-bond donors (Lipinski definition) is 3. The van der Waals surface area contributed by atoms with Gasteiger partial charge in [0.05, 0.1) is 37.6 Å². The summed E-state index contributed by atoms with van der Waals surface area (Å²) in [5, 5.41) is 21.2. The quantitative estimate of drug-likeness (QED) is 0.0379. The Labute approximate surface area is 482 Å². The number of aliphatic imine (C=N–C) groups is 1. The fraction of sp³-hybridized carbons (Fsp3) is 0.477. The van der Waals surface area contributed by atoms with Gasteiger partial charge in [0.15, 0.2) is 23.5 Å². The molecule has 1 aliphatic heterocycles. The van der Waals surface area contributed by atoms with E-state index in [-0.39, 0.29) is 72.9 Å². The van der Waals surface area contributed by atoms with Crippen molar-refractivity contribution in [3.63, 3.8) is 0 Å². The van der Waals surface area contributed by atoms with Gasteiger partial charge in [-0.15, -0.1) is 0 Å². The highest BCUT2D eigenvalue weighted by Gasteiger charge is 2.43. The van der Waals surface area contributed by atoms with Crippen molar-refractivity contribution in [2.24, 2.45) is 22.2 Å². The third-order valence-corrected chi connectivity index (χ3v) is 13.4. The summed E-state index contributed by atoms with van der Waals surface area (Å²) in [5.41, 5.74) is 8.97. The third-order valence-electron chi connectivity index (χ3n) is 13.4. The number of carbonyl (C=O) groups is 6. The Bertz CT molecular complexity index is 2680. The smallest absolute Gasteiger partial charge is 0.306 e. The number of esters is 1. The van der Waals surface area contributed by atoms with Gasteiger partial charge in [-0.2, -0.15) is 0 Å². The van der Waals surface area contributed by atoms with E-state index in [4.69, 9.17) is 24.1 Å². The normalized spacial score (nSPS) is 22.8. The molecule has 0 bridgehead atoms. The number of methoxy groups -OCH3 is 2. The van der Waals surface area contributed by atoms with Gasteiger partial charge in [-0.1, -0.05) is 155 Å². The second-order valence-corrected chi connectivity index (χ2v) is 20.3. The number of hydrogen-bond acceptors (Lipinski definition) is 14. The van der Waals surface area contributed by atoms with Crippen LogP contribution in [0.4, 0.5) is 5.82 Å². The topological polar surface area (TPSA) is 222 Å². The number of aliphatic hydroxyl groups is 1. The number of ketones is 2. The van der Waals surface area contributed by atoms with E-state index in [0.717, 1.165) is 39.0 Å². The predicted octanol–water partition coefficient (Wildman–Crippen LogP) is 12.1. The zero-order chi connectivity index (χ0) is 61.4. The van der Waals surface area contributed by atoms with Crippen LogP contribution >= 0.6 is 0 Å². The largest absolute Gasteiger partial charge is 0.481 e. The molecule has 0 radical (unpaired) electrons. The Kier molecular flexibility index (Phi) is 33.7. The fourth-order valence-corrected chi connectivity index (χ4v) is 8.78. The van der Waals surface area contributed by atoms with Crippen LogP contribution in [-0.4, -0.2) is 114 Å². The summed E-state index contributed by atoms with van der Waals surface area (Å²) >= 11 is 0. The van der Waals surface area contributed by atoms with Crippen LogP contribution in [0.1, 0.15) is 140 Å². The van der Waals surface area contributed by atoms with Gasteiger partial charge in [0.25, 0.3) is 0 Å². The van der Waals surface area contributed by atoms with E-state index in [1.165, 1.54) is 0 Å². The summed E-state index contributed by atoms with van der Waals surface area (Å²) in [6, 6.07) is 0. The van der Waals surface area contributed by atoms with Crippen molar-refractivity contribution in [2.75, 3.05) is 27.9 Å². The first-order valence-electron chi connectivity index (χ1n) is 27.6. The van der Waals surface area contributed by atoms with E-state index < -0.39 is 24.1 Å². The molecular formula is C65H92N4O12. The van der Waals surface area contributed by atoms with Gasteiger partial charge in [-0.05, 0) is 94.9 Å². The molecule has 1 saturated heterocycles. The van der Waals surface area contributed by atoms with Crippen LogP contribution in [0.3, 0.4) is 0 Å². The number of aldehydes is 2. The lowest BCUT2D eigenvalue weighted by Crippen LogP contribution is -2.37. The molecule has 1 aromatic heterocycles. The maximum atomic E-state index is 12.8. The summed E-state index contributed by atoms with van der Waals surface area (Å²) in [7, 11) is 4.98. The van der Waals surface area contributed by atoms with E-state index in [1.807, 2.05) is 115 Å². The minimum Gasteiger partial charge on any atom is -0.481 e. The van der Waals surface area contributed by atoms with Crippen molar-refractivity contribution in [1.82, 2.24) is 14.9 Å². The molecule has 3 N–H and O–H groups in total. The number of carbonyl (C=O) groups excluding carboxylic acids is 5. The SMILES string of the molecule is C=C(NC)c1ncn(C2OC(COC)C(O)C2C)c1/N=C\C.CC.COC1CC(C)(C)C(/C=C/C(C)=C/C=C/C(C)=C/C=C/C=C(C)/C=C/C=C(C)/C=C/C2=C(C)C(=O)C(OC(=O)CCC=O)CC2C)=C(C)C1=O.O=CCCC(=O)O. The number of carboxylic acids is 1. The molecule has 0 spiro atoms. The maximum Gasteiger partial charge on any atom is 0.306 e. The van der Waals surface area contributed by atoms with Crippen LogP contribution in [0.15, 0.2) is 148 Å². The van der Waals surface area contributed by atoms with Crippen LogP contribution in [-0.2, 0) is 47.7 Å². The molecule has 7 unspecified atom stereocenters. The summed E-state index contributed by atoms with van der Waals surface area (Å²) in [6.45, 7) is 30.2. The number of nitrogens with one attached hydrogen (secondary N) is 1. The molecule has 16 heteroatoms. The zero-order valence-electron chi connectivity index (χ0n) is 50.9. The van der Waals surface area contributed by atoms with Crippen molar-refractivity contribution in [1.29, 1.82) is 0 Å². The Morgan fingerprint density at radius 2 is 1.38 bits per heavy atom. The van der Waals surface area contributed by atoms with E-state index in [1.54, 1.807) is 40.7 Å². The van der Waals surface area contributed by atoms with E-state index >= 15 is 0 Å². The second kappa shape index (κ2) is 37.9. The van der Waals surface area contributed by atoms with E-state index in [9.17, 15) is 33.9 Å². The van der Waals surface area contributed by atoms with E-state index in [2.05, 4.69) is 79.9 Å². The molecule has 0 amide bonds.